The third kappa shape index (κ3) is 3.03. The highest BCUT2D eigenvalue weighted by Gasteiger charge is 2.59. The van der Waals surface area contributed by atoms with Crippen LogP contribution >= 0.6 is 0 Å². The summed E-state index contributed by atoms with van der Waals surface area (Å²) in [6, 6.07) is 0. The second kappa shape index (κ2) is 6.63. The Hall–Kier alpha value is -1.32. The van der Waals surface area contributed by atoms with E-state index >= 15 is 0 Å². The van der Waals surface area contributed by atoms with Crippen LogP contribution in [-0.4, -0.2) is 18.0 Å². The normalized spacial score (nSPS) is 45.8. The second-order valence-corrected chi connectivity index (χ2v) is 10.0. The standard InChI is InChI=1S/C23H34O4/c1-14(24)26-17-9-11-22(3)16(13-17)5-6-18-19-7-8-21(27-15(2)25)23(19,4)12-10-20(18)22/h8,16-20H,5-7,9-13H2,1-4H3/t16-,17+,18+,19+,20+,22-,23-/m0/s1. The highest BCUT2D eigenvalue weighted by Crippen LogP contribution is 2.66. The number of carbonyl (C=O) groups excluding carboxylic acids is 2. The molecule has 0 N–H and O–H groups in total. The van der Waals surface area contributed by atoms with Gasteiger partial charge in [-0.25, -0.2) is 0 Å². The van der Waals surface area contributed by atoms with E-state index in [2.05, 4.69) is 19.9 Å². The van der Waals surface area contributed by atoms with Gasteiger partial charge in [0.15, 0.2) is 0 Å². The molecule has 0 aromatic carbocycles. The fraction of sp³-hybridized carbons (Fsp3) is 0.826. The molecule has 4 nitrogen and oxygen atoms in total. The molecule has 0 heterocycles. The molecule has 3 saturated carbocycles. The van der Waals surface area contributed by atoms with Gasteiger partial charge < -0.3 is 9.47 Å². The first-order valence-electron chi connectivity index (χ1n) is 10.8. The molecule has 4 aliphatic rings. The second-order valence-electron chi connectivity index (χ2n) is 10.0. The zero-order valence-corrected chi connectivity index (χ0v) is 17.3. The Morgan fingerprint density at radius 3 is 2.48 bits per heavy atom. The van der Waals surface area contributed by atoms with Crippen LogP contribution in [0.5, 0.6) is 0 Å². The predicted octanol–water partition coefficient (Wildman–Crippen LogP) is 5.02. The topological polar surface area (TPSA) is 52.6 Å². The minimum absolute atomic E-state index is 0.0327. The summed E-state index contributed by atoms with van der Waals surface area (Å²) < 4.78 is 11.2. The van der Waals surface area contributed by atoms with Crippen LogP contribution in [0, 0.1) is 34.5 Å². The molecule has 0 aliphatic heterocycles. The lowest BCUT2D eigenvalue weighted by Crippen LogP contribution is -2.54. The van der Waals surface area contributed by atoms with Crippen molar-refractivity contribution in [1.29, 1.82) is 0 Å². The van der Waals surface area contributed by atoms with Crippen molar-refractivity contribution in [3.05, 3.63) is 11.8 Å². The molecule has 0 bridgehead atoms. The highest BCUT2D eigenvalue weighted by molar-refractivity contribution is 5.67. The van der Waals surface area contributed by atoms with Crippen molar-refractivity contribution >= 4 is 11.9 Å². The lowest BCUT2D eigenvalue weighted by Gasteiger charge is -2.60. The Labute approximate surface area is 163 Å². The Balaban J connectivity index is 1.51. The van der Waals surface area contributed by atoms with E-state index in [4.69, 9.17) is 9.47 Å². The molecular formula is C23H34O4. The molecular weight excluding hydrogens is 340 g/mol. The summed E-state index contributed by atoms with van der Waals surface area (Å²) >= 11 is 0. The van der Waals surface area contributed by atoms with Gasteiger partial charge in [-0.2, -0.15) is 0 Å². The number of hydrogen-bond donors (Lipinski definition) is 0. The smallest absolute Gasteiger partial charge is 0.307 e. The van der Waals surface area contributed by atoms with Crippen molar-refractivity contribution in [3.63, 3.8) is 0 Å². The van der Waals surface area contributed by atoms with Crippen molar-refractivity contribution < 1.29 is 19.1 Å². The van der Waals surface area contributed by atoms with Gasteiger partial charge in [0, 0.05) is 19.3 Å². The van der Waals surface area contributed by atoms with Crippen LogP contribution in [0.4, 0.5) is 0 Å². The van der Waals surface area contributed by atoms with Crippen LogP contribution in [0.1, 0.15) is 79.1 Å². The van der Waals surface area contributed by atoms with Crippen molar-refractivity contribution in [1.82, 2.24) is 0 Å². The summed E-state index contributed by atoms with van der Waals surface area (Å²) in [5.74, 6) is 3.35. The number of carbonyl (C=O) groups is 2. The SMILES string of the molecule is CC(=O)OC1=CC[C@@H]2[C@H]3CC[C@H]4C[C@H](OC(C)=O)CC[C@]4(C)[C@@H]3CC[C@]12C. The predicted molar refractivity (Wildman–Crippen MR) is 103 cm³/mol. The maximum absolute atomic E-state index is 11.5. The molecule has 3 fully saturated rings. The van der Waals surface area contributed by atoms with Crippen molar-refractivity contribution in [2.24, 2.45) is 34.5 Å². The molecule has 0 radical (unpaired) electrons. The van der Waals surface area contributed by atoms with Crippen LogP contribution in [-0.2, 0) is 19.1 Å². The van der Waals surface area contributed by atoms with Crippen LogP contribution in [0.25, 0.3) is 0 Å². The zero-order chi connectivity index (χ0) is 19.4. The molecule has 4 heteroatoms. The summed E-state index contributed by atoms with van der Waals surface area (Å²) in [7, 11) is 0. The number of ether oxygens (including phenoxy) is 2. The fourth-order valence-corrected chi connectivity index (χ4v) is 7.40. The Bertz CT molecular complexity index is 667. The van der Waals surface area contributed by atoms with Gasteiger partial charge >= 0.3 is 11.9 Å². The maximum Gasteiger partial charge on any atom is 0.307 e. The zero-order valence-electron chi connectivity index (χ0n) is 17.3. The summed E-state index contributed by atoms with van der Waals surface area (Å²) in [6.07, 6.45) is 11.4. The van der Waals surface area contributed by atoms with E-state index in [1.807, 2.05) is 0 Å². The molecule has 27 heavy (non-hydrogen) atoms. The molecule has 0 amide bonds. The number of allylic oxidation sites excluding steroid dienone is 2. The van der Waals surface area contributed by atoms with E-state index in [1.165, 1.54) is 39.5 Å². The highest BCUT2D eigenvalue weighted by atomic mass is 16.5. The van der Waals surface area contributed by atoms with Crippen LogP contribution in [0.15, 0.2) is 11.8 Å². The van der Waals surface area contributed by atoms with Gasteiger partial charge in [0.25, 0.3) is 0 Å². The average molecular weight is 375 g/mol. The molecule has 150 valence electrons. The van der Waals surface area contributed by atoms with E-state index in [-0.39, 0.29) is 23.5 Å². The lowest BCUT2D eigenvalue weighted by atomic mass is 9.45. The van der Waals surface area contributed by atoms with E-state index in [0.717, 1.165) is 43.3 Å². The monoisotopic (exact) mass is 374 g/mol. The maximum atomic E-state index is 11.5. The Morgan fingerprint density at radius 2 is 1.78 bits per heavy atom. The van der Waals surface area contributed by atoms with Crippen LogP contribution in [0.3, 0.4) is 0 Å². The summed E-state index contributed by atoms with van der Waals surface area (Å²) in [6.45, 7) is 7.87. The van der Waals surface area contributed by atoms with E-state index in [1.54, 1.807) is 0 Å². The van der Waals surface area contributed by atoms with Gasteiger partial charge in [-0.05, 0) is 86.5 Å². The van der Waals surface area contributed by atoms with Crippen molar-refractivity contribution in [2.75, 3.05) is 0 Å². The molecule has 4 aliphatic carbocycles. The lowest BCUT2D eigenvalue weighted by molar-refractivity contribution is -0.159. The molecule has 0 unspecified atom stereocenters. The Kier molecular flexibility index (Phi) is 4.67. The first-order valence-corrected chi connectivity index (χ1v) is 10.8. The van der Waals surface area contributed by atoms with Gasteiger partial charge in [-0.3, -0.25) is 9.59 Å². The van der Waals surface area contributed by atoms with E-state index < -0.39 is 0 Å². The molecule has 0 spiro atoms. The average Bonchev–Trinajstić information content (AvgIpc) is 2.91. The number of fused-ring (bicyclic) bond motifs is 5. The van der Waals surface area contributed by atoms with E-state index in [9.17, 15) is 9.59 Å². The van der Waals surface area contributed by atoms with Crippen LogP contribution in [0.2, 0.25) is 0 Å². The molecule has 7 atom stereocenters. The minimum Gasteiger partial charge on any atom is -0.463 e. The van der Waals surface area contributed by atoms with Gasteiger partial charge in [-0.15, -0.1) is 0 Å². The van der Waals surface area contributed by atoms with Gasteiger partial charge in [0.2, 0.25) is 0 Å². The summed E-state index contributed by atoms with van der Waals surface area (Å²) in [5.41, 5.74) is 0.399. The quantitative estimate of drug-likeness (QED) is 0.637. The minimum atomic E-state index is -0.190. The molecule has 4 rings (SSSR count). The first kappa shape index (κ1) is 19.0. The third-order valence-electron chi connectivity index (χ3n) is 8.71. The van der Waals surface area contributed by atoms with Gasteiger partial charge in [0.1, 0.15) is 11.9 Å². The van der Waals surface area contributed by atoms with E-state index in [0.29, 0.717) is 17.3 Å². The first-order chi connectivity index (χ1) is 12.7. The Morgan fingerprint density at radius 1 is 1.00 bits per heavy atom. The molecule has 0 saturated heterocycles. The largest absolute Gasteiger partial charge is 0.463 e. The number of hydrogen-bond acceptors (Lipinski definition) is 4. The number of esters is 2. The summed E-state index contributed by atoms with van der Waals surface area (Å²) in [4.78, 5) is 22.9. The fourth-order valence-electron chi connectivity index (χ4n) is 7.40. The van der Waals surface area contributed by atoms with Crippen molar-refractivity contribution in [3.8, 4) is 0 Å². The molecule has 0 aromatic heterocycles. The van der Waals surface area contributed by atoms with Gasteiger partial charge in [-0.1, -0.05) is 13.8 Å². The third-order valence-corrected chi connectivity index (χ3v) is 8.71. The number of rotatable bonds is 2. The van der Waals surface area contributed by atoms with Crippen LogP contribution < -0.4 is 0 Å². The van der Waals surface area contributed by atoms with Gasteiger partial charge in [0.05, 0.1) is 0 Å². The molecule has 0 aromatic rings. The summed E-state index contributed by atoms with van der Waals surface area (Å²) in [5, 5.41) is 0. The van der Waals surface area contributed by atoms with Crippen molar-refractivity contribution in [2.45, 2.75) is 85.2 Å².